The summed E-state index contributed by atoms with van der Waals surface area (Å²) >= 11 is 0. The lowest BCUT2D eigenvalue weighted by Crippen LogP contribution is -2.28. The predicted octanol–water partition coefficient (Wildman–Crippen LogP) is 2.22. The number of hydrogen-bond acceptors (Lipinski definition) is 2. The number of aryl methyl sites for hydroxylation is 1. The molecule has 0 radical (unpaired) electrons. The highest BCUT2D eigenvalue weighted by Crippen LogP contribution is 2.33. The van der Waals surface area contributed by atoms with E-state index >= 15 is 0 Å². The van der Waals surface area contributed by atoms with Crippen molar-refractivity contribution in [2.24, 2.45) is 0 Å². The highest BCUT2D eigenvalue weighted by atomic mass is 16.1. The van der Waals surface area contributed by atoms with Crippen molar-refractivity contribution in [3.05, 3.63) is 35.4 Å². The normalized spacial score (nSPS) is 17.8. The van der Waals surface area contributed by atoms with Crippen molar-refractivity contribution in [3.8, 4) is 0 Å². The molecule has 0 spiro atoms. The second-order valence-corrected chi connectivity index (χ2v) is 5.30. The van der Waals surface area contributed by atoms with Crippen LogP contribution in [0.1, 0.15) is 42.7 Å². The zero-order valence-electron chi connectivity index (χ0n) is 11.7. The van der Waals surface area contributed by atoms with Gasteiger partial charge in [0.2, 0.25) is 5.91 Å². The summed E-state index contributed by atoms with van der Waals surface area (Å²) in [5.41, 5.74) is 2.82. The fourth-order valence-corrected chi connectivity index (χ4v) is 2.86. The third-order valence-corrected chi connectivity index (χ3v) is 3.85. The molecule has 3 nitrogen and oxygen atoms in total. The standard InChI is InChI=1S/C16H24N2O/c1-17-10-5-11-18-16(19)12-14-8-4-7-13-6-2-3-9-15(13)14/h2-3,6,9,14,17H,4-5,7-8,10-12H2,1H3,(H,18,19). The number of hydrogen-bond donors (Lipinski definition) is 2. The Labute approximate surface area is 115 Å². The first-order chi connectivity index (χ1) is 9.31. The van der Waals surface area contributed by atoms with E-state index in [1.54, 1.807) is 0 Å². The maximum Gasteiger partial charge on any atom is 0.220 e. The summed E-state index contributed by atoms with van der Waals surface area (Å²) < 4.78 is 0. The molecule has 1 aromatic carbocycles. The van der Waals surface area contributed by atoms with Crippen LogP contribution in [-0.2, 0) is 11.2 Å². The lowest BCUT2D eigenvalue weighted by molar-refractivity contribution is -0.121. The number of benzene rings is 1. The maximum absolute atomic E-state index is 12.0. The first kappa shape index (κ1) is 14.1. The molecular weight excluding hydrogens is 236 g/mol. The van der Waals surface area contributed by atoms with E-state index in [1.165, 1.54) is 17.5 Å². The van der Waals surface area contributed by atoms with E-state index < -0.39 is 0 Å². The Morgan fingerprint density at radius 1 is 1.32 bits per heavy atom. The molecule has 1 amide bonds. The first-order valence-corrected chi connectivity index (χ1v) is 7.30. The van der Waals surface area contributed by atoms with Gasteiger partial charge < -0.3 is 10.6 Å². The lowest BCUT2D eigenvalue weighted by Gasteiger charge is -2.25. The van der Waals surface area contributed by atoms with Crippen molar-refractivity contribution >= 4 is 5.91 Å². The first-order valence-electron chi connectivity index (χ1n) is 7.30. The van der Waals surface area contributed by atoms with E-state index in [0.717, 1.165) is 32.4 Å². The van der Waals surface area contributed by atoms with Gasteiger partial charge in [0.1, 0.15) is 0 Å². The molecule has 2 N–H and O–H groups in total. The maximum atomic E-state index is 12.0. The highest BCUT2D eigenvalue weighted by Gasteiger charge is 2.21. The quantitative estimate of drug-likeness (QED) is 0.770. The van der Waals surface area contributed by atoms with Gasteiger partial charge in [0, 0.05) is 13.0 Å². The molecule has 2 rings (SSSR count). The number of nitrogens with one attached hydrogen (secondary N) is 2. The predicted molar refractivity (Wildman–Crippen MR) is 78.3 cm³/mol. The van der Waals surface area contributed by atoms with E-state index in [2.05, 4.69) is 34.9 Å². The summed E-state index contributed by atoms with van der Waals surface area (Å²) in [6.07, 6.45) is 5.13. The molecule has 0 saturated heterocycles. The van der Waals surface area contributed by atoms with E-state index in [1.807, 2.05) is 7.05 Å². The Bertz CT molecular complexity index is 417. The van der Waals surface area contributed by atoms with Crippen molar-refractivity contribution in [2.45, 2.75) is 38.0 Å². The average Bonchev–Trinajstić information content (AvgIpc) is 2.44. The third-order valence-electron chi connectivity index (χ3n) is 3.85. The summed E-state index contributed by atoms with van der Waals surface area (Å²) in [6, 6.07) is 8.57. The Morgan fingerprint density at radius 2 is 2.16 bits per heavy atom. The molecule has 0 heterocycles. The van der Waals surface area contributed by atoms with Crippen molar-refractivity contribution in [1.82, 2.24) is 10.6 Å². The van der Waals surface area contributed by atoms with Gasteiger partial charge in [-0.3, -0.25) is 4.79 Å². The number of carbonyl (C=O) groups is 1. The van der Waals surface area contributed by atoms with Gasteiger partial charge in [-0.15, -0.1) is 0 Å². The second kappa shape index (κ2) is 7.29. The molecule has 0 bridgehead atoms. The van der Waals surface area contributed by atoms with Gasteiger partial charge in [-0.1, -0.05) is 24.3 Å². The molecule has 19 heavy (non-hydrogen) atoms. The minimum Gasteiger partial charge on any atom is -0.356 e. The fourth-order valence-electron chi connectivity index (χ4n) is 2.86. The number of carbonyl (C=O) groups excluding carboxylic acids is 1. The van der Waals surface area contributed by atoms with Crippen LogP contribution in [0.25, 0.3) is 0 Å². The van der Waals surface area contributed by atoms with Gasteiger partial charge in [0.05, 0.1) is 0 Å². The molecule has 1 aromatic rings. The molecule has 0 aromatic heterocycles. The van der Waals surface area contributed by atoms with Crippen molar-refractivity contribution in [2.75, 3.05) is 20.1 Å². The van der Waals surface area contributed by atoms with Crippen molar-refractivity contribution < 1.29 is 4.79 Å². The smallest absolute Gasteiger partial charge is 0.220 e. The van der Waals surface area contributed by atoms with E-state index in [4.69, 9.17) is 0 Å². The van der Waals surface area contributed by atoms with Crippen molar-refractivity contribution in [1.29, 1.82) is 0 Å². The lowest BCUT2D eigenvalue weighted by atomic mass is 9.81. The minimum atomic E-state index is 0.192. The van der Waals surface area contributed by atoms with Gasteiger partial charge in [0.25, 0.3) is 0 Å². The summed E-state index contributed by atoms with van der Waals surface area (Å²) in [6.45, 7) is 1.72. The Hall–Kier alpha value is -1.35. The van der Waals surface area contributed by atoms with E-state index in [9.17, 15) is 4.79 Å². The molecule has 104 valence electrons. The number of amides is 1. The summed E-state index contributed by atoms with van der Waals surface area (Å²) in [5.74, 6) is 0.604. The molecule has 1 atom stereocenters. The summed E-state index contributed by atoms with van der Waals surface area (Å²) in [7, 11) is 1.93. The van der Waals surface area contributed by atoms with Crippen LogP contribution >= 0.6 is 0 Å². The Morgan fingerprint density at radius 3 is 3.00 bits per heavy atom. The molecule has 0 saturated carbocycles. The topological polar surface area (TPSA) is 41.1 Å². The van der Waals surface area contributed by atoms with Crippen molar-refractivity contribution in [3.63, 3.8) is 0 Å². The SMILES string of the molecule is CNCCCNC(=O)CC1CCCc2ccccc21. The molecule has 0 aliphatic heterocycles. The van der Waals surface area contributed by atoms with Gasteiger partial charge in [-0.2, -0.15) is 0 Å². The monoisotopic (exact) mass is 260 g/mol. The average molecular weight is 260 g/mol. The van der Waals surface area contributed by atoms with Crippen LogP contribution in [0.5, 0.6) is 0 Å². The zero-order chi connectivity index (χ0) is 13.5. The van der Waals surface area contributed by atoms with Crippen LogP contribution in [-0.4, -0.2) is 26.0 Å². The Balaban J connectivity index is 1.85. The van der Waals surface area contributed by atoms with Crippen LogP contribution in [0.2, 0.25) is 0 Å². The number of fused-ring (bicyclic) bond motifs is 1. The highest BCUT2D eigenvalue weighted by molar-refractivity contribution is 5.77. The van der Waals surface area contributed by atoms with Gasteiger partial charge >= 0.3 is 0 Å². The molecule has 0 fully saturated rings. The molecule has 3 heteroatoms. The molecular formula is C16H24N2O. The summed E-state index contributed by atoms with van der Waals surface area (Å²) in [5, 5.41) is 6.10. The Kier molecular flexibility index (Phi) is 5.40. The summed E-state index contributed by atoms with van der Waals surface area (Å²) in [4.78, 5) is 12.0. The zero-order valence-corrected chi connectivity index (χ0v) is 11.7. The molecule has 1 unspecified atom stereocenters. The largest absolute Gasteiger partial charge is 0.356 e. The van der Waals surface area contributed by atoms with Gasteiger partial charge in [-0.05, 0) is 56.3 Å². The van der Waals surface area contributed by atoms with Gasteiger partial charge in [-0.25, -0.2) is 0 Å². The second-order valence-electron chi connectivity index (χ2n) is 5.30. The van der Waals surface area contributed by atoms with Gasteiger partial charge in [0.15, 0.2) is 0 Å². The molecule has 1 aliphatic rings. The van der Waals surface area contributed by atoms with Crippen LogP contribution in [0.3, 0.4) is 0 Å². The number of rotatable bonds is 6. The third kappa shape index (κ3) is 4.06. The molecule has 1 aliphatic carbocycles. The van der Waals surface area contributed by atoms with Crippen LogP contribution < -0.4 is 10.6 Å². The fraction of sp³-hybridized carbons (Fsp3) is 0.562. The minimum absolute atomic E-state index is 0.192. The van der Waals surface area contributed by atoms with Crippen LogP contribution in [0.4, 0.5) is 0 Å². The van der Waals surface area contributed by atoms with Crippen LogP contribution in [0, 0.1) is 0 Å². The van der Waals surface area contributed by atoms with E-state index in [-0.39, 0.29) is 5.91 Å². The van der Waals surface area contributed by atoms with Crippen LogP contribution in [0.15, 0.2) is 24.3 Å². The van der Waals surface area contributed by atoms with E-state index in [0.29, 0.717) is 12.3 Å².